The monoisotopic (exact) mass is 334 g/mol. The van der Waals surface area contributed by atoms with Crippen molar-refractivity contribution in [2.24, 2.45) is 0 Å². The summed E-state index contributed by atoms with van der Waals surface area (Å²) >= 11 is 2.23. The number of hydrogen-bond donors (Lipinski definition) is 0. The van der Waals surface area contributed by atoms with Crippen molar-refractivity contribution in [1.29, 1.82) is 0 Å². The Morgan fingerprint density at radius 1 is 0.957 bits per heavy atom. The van der Waals surface area contributed by atoms with Gasteiger partial charge < -0.3 is 9.47 Å². The molecular weight excluding hydrogens is 304 g/mol. The van der Waals surface area contributed by atoms with Crippen molar-refractivity contribution >= 4 is 11.8 Å². The fourth-order valence-corrected chi connectivity index (χ4v) is 5.89. The van der Waals surface area contributed by atoms with Crippen molar-refractivity contribution in [3.05, 3.63) is 11.6 Å². The molecule has 0 spiro atoms. The minimum Gasteiger partial charge on any atom is -0.315 e. The lowest BCUT2D eigenvalue weighted by Gasteiger charge is -2.32. The van der Waals surface area contributed by atoms with Gasteiger partial charge in [0.15, 0.2) is 0 Å². The molecule has 0 radical (unpaired) electrons. The molecule has 1 unspecified atom stereocenters. The minimum atomic E-state index is 0.614. The Hall–Kier alpha value is -0.550. The van der Waals surface area contributed by atoms with Crippen LogP contribution in [0.3, 0.4) is 0 Å². The molecule has 0 N–H and O–H groups in total. The summed E-state index contributed by atoms with van der Waals surface area (Å²) in [4.78, 5) is 2.68. The maximum absolute atomic E-state index is 4.53. The van der Waals surface area contributed by atoms with Crippen molar-refractivity contribution in [3.8, 4) is 0 Å². The van der Waals surface area contributed by atoms with Crippen LogP contribution in [0.2, 0.25) is 0 Å². The van der Waals surface area contributed by atoms with Gasteiger partial charge in [-0.05, 0) is 38.6 Å². The minimum absolute atomic E-state index is 0.614. The van der Waals surface area contributed by atoms with Gasteiger partial charge in [-0.2, -0.15) is 11.8 Å². The summed E-state index contributed by atoms with van der Waals surface area (Å²) in [6.07, 6.45) is 12.3. The second-order valence-corrected chi connectivity index (χ2v) is 8.91. The Kier molecular flexibility index (Phi) is 5.24. The van der Waals surface area contributed by atoms with E-state index in [0.29, 0.717) is 5.92 Å². The Morgan fingerprint density at radius 2 is 1.87 bits per heavy atom. The summed E-state index contributed by atoms with van der Waals surface area (Å²) in [5, 5.41) is 9.89. The van der Waals surface area contributed by atoms with Gasteiger partial charge in [0.2, 0.25) is 0 Å². The molecule has 2 aliphatic heterocycles. The van der Waals surface area contributed by atoms with Crippen LogP contribution in [-0.2, 0) is 13.0 Å². The van der Waals surface area contributed by atoms with Crippen LogP contribution in [0.5, 0.6) is 0 Å². The maximum atomic E-state index is 4.53. The van der Waals surface area contributed by atoms with Crippen molar-refractivity contribution in [2.75, 3.05) is 25.4 Å². The Balaban J connectivity index is 1.27. The fraction of sp³-hybridized carbons (Fsp3) is 0.889. The highest BCUT2D eigenvalue weighted by atomic mass is 32.2. The Morgan fingerprint density at radius 3 is 2.78 bits per heavy atom. The standard InChI is InChI=1S/C18H30N4S/c1-2-7-16(8-3-1)23-13-12-21-10-4-6-15(14-21)18-20-19-17-9-5-11-22(17)18/h15-16H,1-14H2. The number of likely N-dealkylation sites (tertiary alicyclic amines) is 1. The van der Waals surface area contributed by atoms with Gasteiger partial charge in [0.1, 0.15) is 11.6 Å². The molecule has 1 aromatic heterocycles. The summed E-state index contributed by atoms with van der Waals surface area (Å²) in [6.45, 7) is 4.89. The summed E-state index contributed by atoms with van der Waals surface area (Å²) in [5.74, 6) is 4.44. The zero-order valence-electron chi connectivity index (χ0n) is 14.3. The van der Waals surface area contributed by atoms with Crippen molar-refractivity contribution < 1.29 is 0 Å². The van der Waals surface area contributed by atoms with Crippen molar-refractivity contribution in [3.63, 3.8) is 0 Å². The average molecular weight is 335 g/mol. The van der Waals surface area contributed by atoms with E-state index in [2.05, 4.69) is 31.4 Å². The van der Waals surface area contributed by atoms with E-state index in [0.717, 1.165) is 18.2 Å². The first-order valence-corrected chi connectivity index (χ1v) is 10.7. The van der Waals surface area contributed by atoms with Crippen LogP contribution in [0.25, 0.3) is 0 Å². The summed E-state index contributed by atoms with van der Waals surface area (Å²) in [6, 6.07) is 0. The van der Waals surface area contributed by atoms with Crippen LogP contribution in [0.15, 0.2) is 0 Å². The van der Waals surface area contributed by atoms with Gasteiger partial charge in [-0.15, -0.1) is 10.2 Å². The second-order valence-electron chi connectivity index (χ2n) is 7.50. The van der Waals surface area contributed by atoms with Crippen molar-refractivity contribution in [1.82, 2.24) is 19.7 Å². The molecule has 128 valence electrons. The fourth-order valence-electron chi connectivity index (χ4n) is 4.52. The molecule has 4 nitrogen and oxygen atoms in total. The van der Waals surface area contributed by atoms with Crippen molar-refractivity contribution in [2.45, 2.75) is 75.5 Å². The van der Waals surface area contributed by atoms with Gasteiger partial charge in [0.05, 0.1) is 0 Å². The Bertz CT molecular complexity index is 509. The average Bonchev–Trinajstić information content (AvgIpc) is 3.19. The number of hydrogen-bond acceptors (Lipinski definition) is 4. The van der Waals surface area contributed by atoms with Gasteiger partial charge in [-0.3, -0.25) is 0 Å². The van der Waals surface area contributed by atoms with Gasteiger partial charge in [0, 0.05) is 43.0 Å². The normalized spacial score (nSPS) is 26.5. The van der Waals surface area contributed by atoms with E-state index in [9.17, 15) is 0 Å². The highest BCUT2D eigenvalue weighted by molar-refractivity contribution is 7.99. The molecule has 5 heteroatoms. The third-order valence-corrected chi connectivity index (χ3v) is 7.18. The van der Waals surface area contributed by atoms with Crippen LogP contribution >= 0.6 is 11.8 Å². The molecule has 1 atom stereocenters. The summed E-state index contributed by atoms with van der Waals surface area (Å²) < 4.78 is 2.41. The topological polar surface area (TPSA) is 34.0 Å². The number of fused-ring (bicyclic) bond motifs is 1. The first kappa shape index (κ1) is 15.9. The van der Waals surface area contributed by atoms with E-state index in [4.69, 9.17) is 0 Å². The van der Waals surface area contributed by atoms with Crippen LogP contribution in [0, 0.1) is 0 Å². The zero-order chi connectivity index (χ0) is 15.5. The molecule has 4 rings (SSSR count). The molecule has 0 bridgehead atoms. The highest BCUT2D eigenvalue weighted by Crippen LogP contribution is 2.30. The van der Waals surface area contributed by atoms with E-state index in [1.807, 2.05) is 0 Å². The summed E-state index contributed by atoms with van der Waals surface area (Å²) in [5.41, 5.74) is 0. The predicted molar refractivity (Wildman–Crippen MR) is 96.1 cm³/mol. The van der Waals surface area contributed by atoms with Crippen LogP contribution < -0.4 is 0 Å². The summed E-state index contributed by atoms with van der Waals surface area (Å²) in [7, 11) is 0. The largest absolute Gasteiger partial charge is 0.315 e. The molecule has 1 saturated heterocycles. The number of nitrogens with zero attached hydrogens (tertiary/aromatic N) is 4. The van der Waals surface area contributed by atoms with Gasteiger partial charge in [-0.25, -0.2) is 0 Å². The SMILES string of the molecule is C1CCC(SCCN2CCCC(c3nnc4n3CCC4)C2)CC1. The van der Waals surface area contributed by atoms with E-state index >= 15 is 0 Å². The molecule has 1 aliphatic carbocycles. The lowest BCUT2D eigenvalue weighted by Crippen LogP contribution is -2.37. The van der Waals surface area contributed by atoms with E-state index in [-0.39, 0.29) is 0 Å². The number of piperidine rings is 1. The molecule has 1 saturated carbocycles. The predicted octanol–water partition coefficient (Wildman–Crippen LogP) is 3.47. The lowest BCUT2D eigenvalue weighted by atomic mass is 9.97. The van der Waals surface area contributed by atoms with Gasteiger partial charge in [-0.1, -0.05) is 19.3 Å². The first-order valence-electron chi connectivity index (χ1n) is 9.66. The number of thioether (sulfide) groups is 1. The van der Waals surface area contributed by atoms with E-state index in [1.54, 1.807) is 0 Å². The number of aromatic nitrogens is 3. The number of aryl methyl sites for hydroxylation is 1. The van der Waals surface area contributed by atoms with Crippen LogP contribution in [0.1, 0.15) is 68.9 Å². The van der Waals surface area contributed by atoms with Crippen LogP contribution in [0.4, 0.5) is 0 Å². The van der Waals surface area contributed by atoms with Gasteiger partial charge in [0.25, 0.3) is 0 Å². The molecule has 1 aromatic rings. The first-order chi connectivity index (χ1) is 11.4. The molecule has 2 fully saturated rings. The molecule has 0 amide bonds. The third kappa shape index (κ3) is 3.76. The molecule has 0 aromatic carbocycles. The number of rotatable bonds is 5. The molecular formula is C18H30N4S. The third-order valence-electron chi connectivity index (χ3n) is 5.82. The molecule has 23 heavy (non-hydrogen) atoms. The van der Waals surface area contributed by atoms with Crippen LogP contribution in [-0.4, -0.2) is 50.3 Å². The Labute approximate surface area is 144 Å². The van der Waals surface area contributed by atoms with E-state index < -0.39 is 0 Å². The molecule has 3 heterocycles. The quantitative estimate of drug-likeness (QED) is 0.826. The molecule has 3 aliphatic rings. The van der Waals surface area contributed by atoms with E-state index in [1.165, 1.54) is 88.4 Å². The lowest BCUT2D eigenvalue weighted by molar-refractivity contribution is 0.213. The zero-order valence-corrected chi connectivity index (χ0v) is 15.1. The highest BCUT2D eigenvalue weighted by Gasteiger charge is 2.28. The maximum Gasteiger partial charge on any atom is 0.137 e. The van der Waals surface area contributed by atoms with Gasteiger partial charge >= 0.3 is 0 Å². The second kappa shape index (κ2) is 7.56. The smallest absolute Gasteiger partial charge is 0.137 e.